The summed E-state index contributed by atoms with van der Waals surface area (Å²) in [6.07, 6.45) is 5.22. The molecule has 4 fully saturated rings. The van der Waals surface area contributed by atoms with Gasteiger partial charge in [-0.05, 0) is 79.4 Å². The number of ether oxygens (including phenoxy) is 1. The van der Waals surface area contributed by atoms with Gasteiger partial charge in [-0.3, -0.25) is 0 Å². The van der Waals surface area contributed by atoms with Gasteiger partial charge in [0.25, 0.3) is 0 Å². The van der Waals surface area contributed by atoms with Gasteiger partial charge in [-0.2, -0.15) is 13.2 Å². The summed E-state index contributed by atoms with van der Waals surface area (Å²) in [5, 5.41) is 10.8. The highest BCUT2D eigenvalue weighted by atomic mass is 19.4. The van der Waals surface area contributed by atoms with Crippen molar-refractivity contribution in [2.45, 2.75) is 90.8 Å². The highest BCUT2D eigenvalue weighted by molar-refractivity contribution is 5.82. The van der Waals surface area contributed by atoms with Crippen LogP contribution in [0.25, 0.3) is 0 Å². The first kappa shape index (κ1) is 22.2. The maximum Gasteiger partial charge on any atom is 0.410 e. The molecule has 1 N–H and O–H groups in total. The molecule has 3 nitrogen and oxygen atoms in total. The number of carbonyl (C=O) groups excluding carboxylic acids is 1. The number of aliphatic hydroxyl groups excluding tert-OH is 1. The molecule has 0 amide bonds. The van der Waals surface area contributed by atoms with Crippen molar-refractivity contribution >= 4 is 5.97 Å². The van der Waals surface area contributed by atoms with Crippen LogP contribution in [0.4, 0.5) is 13.2 Å². The Morgan fingerprint density at radius 1 is 1.10 bits per heavy atom. The summed E-state index contributed by atoms with van der Waals surface area (Å²) in [4.78, 5) is 11.9. The molecule has 0 unspecified atom stereocenters. The fourth-order valence-electron chi connectivity index (χ4n) is 8.48. The molecular formula is C24H35F3O3. The molecule has 2 bridgehead atoms. The zero-order valence-corrected chi connectivity index (χ0v) is 18.4. The number of esters is 1. The molecule has 0 aromatic rings. The van der Waals surface area contributed by atoms with E-state index in [0.29, 0.717) is 17.9 Å². The lowest BCUT2D eigenvalue weighted by atomic mass is 9.40. The molecule has 7 atom stereocenters. The van der Waals surface area contributed by atoms with E-state index >= 15 is 0 Å². The zero-order chi connectivity index (χ0) is 22.0. The van der Waals surface area contributed by atoms with Crippen LogP contribution < -0.4 is 0 Å². The van der Waals surface area contributed by atoms with Crippen molar-refractivity contribution in [3.05, 3.63) is 12.2 Å². The lowest BCUT2D eigenvalue weighted by molar-refractivity contribution is -0.174. The molecule has 30 heavy (non-hydrogen) atoms. The molecule has 4 saturated carbocycles. The molecule has 170 valence electrons. The van der Waals surface area contributed by atoms with Crippen LogP contribution in [-0.4, -0.2) is 30.0 Å². The highest BCUT2D eigenvalue weighted by Gasteiger charge is 2.67. The van der Waals surface area contributed by atoms with E-state index in [-0.39, 0.29) is 40.4 Å². The molecule has 4 rings (SSSR count). The lowest BCUT2D eigenvalue weighted by Crippen LogP contribution is -2.57. The van der Waals surface area contributed by atoms with Gasteiger partial charge in [0.1, 0.15) is 0 Å². The average Bonchev–Trinajstić information content (AvgIpc) is 2.81. The Morgan fingerprint density at radius 3 is 2.50 bits per heavy atom. The summed E-state index contributed by atoms with van der Waals surface area (Å²) >= 11 is 0. The van der Waals surface area contributed by atoms with Crippen LogP contribution in [0.3, 0.4) is 0 Å². The molecule has 4 aliphatic carbocycles. The van der Waals surface area contributed by atoms with Crippen LogP contribution in [0.1, 0.15) is 78.6 Å². The third-order valence-electron chi connectivity index (χ3n) is 9.68. The van der Waals surface area contributed by atoms with Gasteiger partial charge >= 0.3 is 12.1 Å². The van der Waals surface area contributed by atoms with Crippen molar-refractivity contribution in [1.82, 2.24) is 0 Å². The van der Waals surface area contributed by atoms with Crippen molar-refractivity contribution in [3.63, 3.8) is 0 Å². The Morgan fingerprint density at radius 2 is 1.80 bits per heavy atom. The predicted octanol–water partition coefficient (Wildman–Crippen LogP) is 5.81. The fraction of sp³-hybridized carbons (Fsp3) is 0.875. The molecule has 1 spiro atoms. The predicted molar refractivity (Wildman–Crippen MR) is 107 cm³/mol. The number of hydrogen-bond acceptors (Lipinski definition) is 3. The summed E-state index contributed by atoms with van der Waals surface area (Å²) in [5.74, 6) is 0.0331. The minimum absolute atomic E-state index is 0.0536. The van der Waals surface area contributed by atoms with Crippen LogP contribution in [0, 0.1) is 33.5 Å². The smallest absolute Gasteiger partial charge is 0.410 e. The van der Waals surface area contributed by atoms with Crippen molar-refractivity contribution in [1.29, 1.82) is 0 Å². The normalized spacial score (nSPS) is 48.3. The van der Waals surface area contributed by atoms with Crippen LogP contribution in [-0.2, 0) is 9.53 Å². The van der Waals surface area contributed by atoms with Gasteiger partial charge in [0.15, 0.2) is 0 Å². The van der Waals surface area contributed by atoms with E-state index < -0.39 is 12.1 Å². The van der Waals surface area contributed by atoms with Crippen molar-refractivity contribution in [2.75, 3.05) is 6.61 Å². The fourth-order valence-corrected chi connectivity index (χ4v) is 8.48. The molecule has 0 aromatic heterocycles. The van der Waals surface area contributed by atoms with Crippen LogP contribution in [0.5, 0.6) is 0 Å². The molecular weight excluding hydrogens is 393 g/mol. The first-order chi connectivity index (χ1) is 13.8. The summed E-state index contributed by atoms with van der Waals surface area (Å²) in [5.41, 5.74) is 0.194. The third-order valence-corrected chi connectivity index (χ3v) is 9.68. The van der Waals surface area contributed by atoms with Gasteiger partial charge in [-0.25, -0.2) is 4.79 Å². The van der Waals surface area contributed by atoms with Gasteiger partial charge in [0.2, 0.25) is 0 Å². The van der Waals surface area contributed by atoms with Crippen molar-refractivity contribution in [2.24, 2.45) is 33.5 Å². The van der Waals surface area contributed by atoms with Crippen LogP contribution >= 0.6 is 0 Å². The minimum atomic E-state index is -4.51. The standard InChI is InChI=1S/C24H35F3O3/c1-20-10-5-17-22(3)9-4-8-21(2,15-30-19(29)7-12-24(25,26)27)16(22)6-11-23(17,14-20)13-18(20)28/h7,12,16-18,28H,4-6,8-11,13-15H2,1-3H3/b12-7+/t16-,17+,18-,20+,21+,22-,23+/m1/s1. The van der Waals surface area contributed by atoms with E-state index in [4.69, 9.17) is 4.74 Å². The Hall–Kier alpha value is -1.04. The van der Waals surface area contributed by atoms with Crippen molar-refractivity contribution in [3.8, 4) is 0 Å². The largest absolute Gasteiger partial charge is 0.462 e. The molecule has 0 aromatic carbocycles. The number of fused-ring (bicyclic) bond motifs is 3. The van der Waals surface area contributed by atoms with Gasteiger partial charge in [-0.1, -0.05) is 27.2 Å². The first-order valence-corrected chi connectivity index (χ1v) is 11.4. The van der Waals surface area contributed by atoms with E-state index in [1.54, 1.807) is 0 Å². The second-order valence-electron chi connectivity index (χ2n) is 11.6. The minimum Gasteiger partial charge on any atom is -0.462 e. The summed E-state index contributed by atoms with van der Waals surface area (Å²) in [6.45, 7) is 6.98. The summed E-state index contributed by atoms with van der Waals surface area (Å²) in [6, 6.07) is 0. The van der Waals surface area contributed by atoms with Crippen LogP contribution in [0.2, 0.25) is 0 Å². The Bertz CT molecular complexity index is 734. The number of hydrogen-bond donors (Lipinski definition) is 1. The first-order valence-electron chi connectivity index (χ1n) is 11.4. The maximum atomic E-state index is 12.3. The van der Waals surface area contributed by atoms with E-state index in [9.17, 15) is 23.1 Å². The monoisotopic (exact) mass is 428 g/mol. The molecule has 0 saturated heterocycles. The van der Waals surface area contributed by atoms with Crippen LogP contribution in [0.15, 0.2) is 12.2 Å². The van der Waals surface area contributed by atoms with Crippen molar-refractivity contribution < 1.29 is 27.8 Å². The van der Waals surface area contributed by atoms with Gasteiger partial charge in [0, 0.05) is 17.6 Å². The number of allylic oxidation sites excluding steroid dienone is 1. The number of alkyl halides is 3. The van der Waals surface area contributed by atoms with E-state index in [2.05, 4.69) is 20.8 Å². The van der Waals surface area contributed by atoms with Gasteiger partial charge in [-0.15, -0.1) is 0 Å². The van der Waals surface area contributed by atoms with E-state index in [1.807, 2.05) is 0 Å². The van der Waals surface area contributed by atoms with Gasteiger partial charge in [0.05, 0.1) is 12.7 Å². The number of aliphatic hydroxyl groups is 1. The second-order valence-corrected chi connectivity index (χ2v) is 11.6. The number of carbonyl (C=O) groups is 1. The SMILES string of the molecule is C[C@@]12CC[C@@H]3[C@@](CC[C@@H]4[C@](C)(COC(=O)/C=C/C(F)(F)F)CCC[C@]43C)(C[C@H]1O)C2. The quantitative estimate of drug-likeness (QED) is 0.456. The molecule has 6 heteroatoms. The molecule has 4 aliphatic rings. The topological polar surface area (TPSA) is 46.5 Å². The molecule has 0 radical (unpaired) electrons. The van der Waals surface area contributed by atoms with Gasteiger partial charge < -0.3 is 9.84 Å². The summed E-state index contributed by atoms with van der Waals surface area (Å²) < 4.78 is 42.3. The summed E-state index contributed by atoms with van der Waals surface area (Å²) in [7, 11) is 0. The second kappa shape index (κ2) is 6.98. The Labute approximate surface area is 177 Å². The maximum absolute atomic E-state index is 12.3. The number of rotatable bonds is 3. The zero-order valence-electron chi connectivity index (χ0n) is 18.4. The molecule has 0 heterocycles. The Balaban J connectivity index is 1.51. The highest BCUT2D eigenvalue weighted by Crippen LogP contribution is 2.73. The lowest BCUT2D eigenvalue weighted by Gasteiger charge is -2.64. The third kappa shape index (κ3) is 3.51. The Kier molecular flexibility index (Phi) is 5.16. The average molecular weight is 429 g/mol. The molecule has 0 aliphatic heterocycles. The van der Waals surface area contributed by atoms with E-state index in [0.717, 1.165) is 57.8 Å². The van der Waals surface area contributed by atoms with E-state index in [1.165, 1.54) is 0 Å². The number of halogens is 3.